The number of rotatable bonds is 3. The molecule has 0 bridgehead atoms. The molecule has 16 heavy (non-hydrogen) atoms. The van der Waals surface area contributed by atoms with Gasteiger partial charge in [0.25, 0.3) is 0 Å². The molecule has 0 heterocycles. The molecule has 1 aromatic rings. The van der Waals surface area contributed by atoms with Gasteiger partial charge in [-0.25, -0.2) is 0 Å². The number of carbonyl (C=O) groups excluding carboxylic acids is 1. The van der Waals surface area contributed by atoms with Gasteiger partial charge in [-0.15, -0.1) is 0 Å². The first-order chi connectivity index (χ1) is 7.58. The van der Waals surface area contributed by atoms with Gasteiger partial charge in [0.05, 0.1) is 0 Å². The predicted octanol–water partition coefficient (Wildman–Crippen LogP) is 2.30. The molecule has 2 nitrogen and oxygen atoms in total. The van der Waals surface area contributed by atoms with Crippen LogP contribution in [0.15, 0.2) is 18.2 Å². The average Bonchev–Trinajstić information content (AvgIpc) is 2.52. The van der Waals surface area contributed by atoms with Gasteiger partial charge in [0.1, 0.15) is 0 Å². The average molecular weight is 217 g/mol. The lowest BCUT2D eigenvalue weighted by Crippen LogP contribution is -2.19. The fraction of sp³-hybridized carbons (Fsp3) is 0.500. The van der Waals surface area contributed by atoms with Gasteiger partial charge in [-0.2, -0.15) is 0 Å². The number of ketones is 1. The Morgan fingerprint density at radius 2 is 2.12 bits per heavy atom. The predicted molar refractivity (Wildman–Crippen MR) is 65.9 cm³/mol. The number of hydrogen-bond donors (Lipinski definition) is 0. The van der Waals surface area contributed by atoms with Crippen molar-refractivity contribution in [2.24, 2.45) is 5.92 Å². The highest BCUT2D eigenvalue weighted by atomic mass is 16.1. The van der Waals surface area contributed by atoms with Crippen molar-refractivity contribution in [1.29, 1.82) is 0 Å². The van der Waals surface area contributed by atoms with Crippen LogP contribution in [0.4, 0.5) is 0 Å². The van der Waals surface area contributed by atoms with E-state index in [1.807, 2.05) is 12.1 Å². The SMILES string of the molecule is Cc1ccc2c(c1)C[C@@H](CCN(C)C)C2=O. The van der Waals surface area contributed by atoms with Crippen molar-refractivity contribution >= 4 is 5.78 Å². The van der Waals surface area contributed by atoms with E-state index in [0.29, 0.717) is 5.78 Å². The van der Waals surface area contributed by atoms with Crippen LogP contribution in [0.1, 0.15) is 27.9 Å². The molecule has 0 aliphatic heterocycles. The van der Waals surface area contributed by atoms with E-state index < -0.39 is 0 Å². The van der Waals surface area contributed by atoms with Crippen LogP contribution in [0.25, 0.3) is 0 Å². The number of fused-ring (bicyclic) bond motifs is 1. The maximum Gasteiger partial charge on any atom is 0.166 e. The quantitative estimate of drug-likeness (QED) is 0.774. The fourth-order valence-corrected chi connectivity index (χ4v) is 2.36. The summed E-state index contributed by atoms with van der Waals surface area (Å²) in [7, 11) is 4.10. The minimum atomic E-state index is 0.208. The van der Waals surface area contributed by atoms with Crippen molar-refractivity contribution in [3.63, 3.8) is 0 Å². The third-order valence-electron chi connectivity index (χ3n) is 3.29. The highest BCUT2D eigenvalue weighted by Crippen LogP contribution is 2.29. The molecule has 2 heteroatoms. The van der Waals surface area contributed by atoms with E-state index in [4.69, 9.17) is 0 Å². The van der Waals surface area contributed by atoms with E-state index >= 15 is 0 Å². The summed E-state index contributed by atoms with van der Waals surface area (Å²) in [6.45, 7) is 3.07. The zero-order valence-electron chi connectivity index (χ0n) is 10.3. The first-order valence-electron chi connectivity index (χ1n) is 5.86. The molecule has 1 aliphatic rings. The summed E-state index contributed by atoms with van der Waals surface area (Å²) in [4.78, 5) is 14.2. The molecular weight excluding hydrogens is 198 g/mol. The highest BCUT2D eigenvalue weighted by Gasteiger charge is 2.29. The summed E-state index contributed by atoms with van der Waals surface area (Å²) in [5.41, 5.74) is 3.45. The standard InChI is InChI=1S/C14H19NO/c1-10-4-5-13-12(8-10)9-11(14(13)16)6-7-15(2)3/h4-5,8,11H,6-7,9H2,1-3H3/t11-/m1/s1. The minimum Gasteiger partial charge on any atom is -0.309 e. The van der Waals surface area contributed by atoms with Crippen LogP contribution in [-0.2, 0) is 6.42 Å². The van der Waals surface area contributed by atoms with Gasteiger partial charge in [0, 0.05) is 11.5 Å². The maximum absolute atomic E-state index is 12.1. The lowest BCUT2D eigenvalue weighted by Gasteiger charge is -2.12. The zero-order chi connectivity index (χ0) is 11.7. The molecule has 0 N–H and O–H groups in total. The van der Waals surface area contributed by atoms with E-state index in [2.05, 4.69) is 32.0 Å². The number of aryl methyl sites for hydroxylation is 1. The Bertz CT molecular complexity index is 409. The Hall–Kier alpha value is -1.15. The molecule has 0 saturated carbocycles. The van der Waals surface area contributed by atoms with E-state index in [-0.39, 0.29) is 5.92 Å². The van der Waals surface area contributed by atoms with Crippen molar-refractivity contribution in [1.82, 2.24) is 4.90 Å². The Morgan fingerprint density at radius 3 is 2.81 bits per heavy atom. The molecule has 0 radical (unpaired) electrons. The molecule has 2 rings (SSSR count). The van der Waals surface area contributed by atoms with Crippen LogP contribution in [-0.4, -0.2) is 31.3 Å². The monoisotopic (exact) mass is 217 g/mol. The molecule has 1 aliphatic carbocycles. The van der Waals surface area contributed by atoms with Gasteiger partial charge in [-0.05, 0) is 46.0 Å². The van der Waals surface area contributed by atoms with E-state index in [0.717, 1.165) is 24.9 Å². The van der Waals surface area contributed by atoms with Crippen molar-refractivity contribution in [2.75, 3.05) is 20.6 Å². The van der Waals surface area contributed by atoms with Crippen LogP contribution < -0.4 is 0 Å². The van der Waals surface area contributed by atoms with Gasteiger partial charge in [-0.3, -0.25) is 4.79 Å². The van der Waals surface area contributed by atoms with Crippen molar-refractivity contribution < 1.29 is 4.79 Å². The highest BCUT2D eigenvalue weighted by molar-refractivity contribution is 6.02. The second kappa shape index (κ2) is 4.38. The number of nitrogens with zero attached hydrogens (tertiary/aromatic N) is 1. The molecule has 0 saturated heterocycles. The van der Waals surface area contributed by atoms with Crippen LogP contribution in [0.2, 0.25) is 0 Å². The molecule has 0 aromatic heterocycles. The lowest BCUT2D eigenvalue weighted by atomic mass is 10.0. The molecule has 0 fully saturated rings. The van der Waals surface area contributed by atoms with Gasteiger partial charge < -0.3 is 4.90 Å². The molecule has 1 atom stereocenters. The second-order valence-corrected chi connectivity index (χ2v) is 5.02. The topological polar surface area (TPSA) is 20.3 Å². The van der Waals surface area contributed by atoms with Crippen LogP contribution in [0.5, 0.6) is 0 Å². The fourth-order valence-electron chi connectivity index (χ4n) is 2.36. The van der Waals surface area contributed by atoms with Crippen molar-refractivity contribution in [2.45, 2.75) is 19.8 Å². The Labute approximate surface area is 97.3 Å². The number of Topliss-reactive ketones (excluding diaryl/α,β-unsaturated/α-hetero) is 1. The molecule has 86 valence electrons. The second-order valence-electron chi connectivity index (χ2n) is 5.02. The molecule has 1 aromatic carbocycles. The smallest absolute Gasteiger partial charge is 0.166 e. The van der Waals surface area contributed by atoms with Crippen LogP contribution >= 0.6 is 0 Å². The molecule has 0 spiro atoms. The van der Waals surface area contributed by atoms with Crippen molar-refractivity contribution in [3.05, 3.63) is 34.9 Å². The summed E-state index contributed by atoms with van der Waals surface area (Å²) in [5.74, 6) is 0.552. The van der Waals surface area contributed by atoms with E-state index in [1.165, 1.54) is 11.1 Å². The normalized spacial score (nSPS) is 19.2. The number of hydrogen-bond acceptors (Lipinski definition) is 2. The first-order valence-corrected chi connectivity index (χ1v) is 5.86. The zero-order valence-corrected chi connectivity index (χ0v) is 10.3. The summed E-state index contributed by atoms with van der Waals surface area (Å²) in [6.07, 6.45) is 1.91. The van der Waals surface area contributed by atoms with Crippen molar-refractivity contribution in [3.8, 4) is 0 Å². The lowest BCUT2D eigenvalue weighted by molar-refractivity contribution is 0.0925. The third kappa shape index (κ3) is 2.17. The summed E-state index contributed by atoms with van der Waals surface area (Å²) >= 11 is 0. The van der Waals surface area contributed by atoms with E-state index in [1.54, 1.807) is 0 Å². The third-order valence-corrected chi connectivity index (χ3v) is 3.29. The number of benzene rings is 1. The van der Waals surface area contributed by atoms with Crippen LogP contribution in [0, 0.1) is 12.8 Å². The van der Waals surface area contributed by atoms with E-state index in [9.17, 15) is 4.79 Å². The van der Waals surface area contributed by atoms with Gasteiger partial charge in [-0.1, -0.05) is 23.8 Å². The minimum absolute atomic E-state index is 0.208. The largest absolute Gasteiger partial charge is 0.309 e. The van der Waals surface area contributed by atoms with Gasteiger partial charge in [0.2, 0.25) is 0 Å². The maximum atomic E-state index is 12.1. The molecule has 0 unspecified atom stereocenters. The Kier molecular flexibility index (Phi) is 3.10. The Morgan fingerprint density at radius 1 is 1.38 bits per heavy atom. The summed E-state index contributed by atoms with van der Waals surface area (Å²) in [6, 6.07) is 6.18. The Balaban J connectivity index is 2.11. The molecule has 0 amide bonds. The summed E-state index contributed by atoms with van der Waals surface area (Å²) in [5, 5.41) is 0. The van der Waals surface area contributed by atoms with Crippen LogP contribution in [0.3, 0.4) is 0 Å². The van der Waals surface area contributed by atoms with Gasteiger partial charge in [0.15, 0.2) is 5.78 Å². The summed E-state index contributed by atoms with van der Waals surface area (Å²) < 4.78 is 0. The van der Waals surface area contributed by atoms with Gasteiger partial charge >= 0.3 is 0 Å². The first kappa shape index (κ1) is 11.3. The molecular formula is C14H19NO. The number of carbonyl (C=O) groups is 1.